The molecule has 1 fully saturated rings. The van der Waals surface area contributed by atoms with E-state index < -0.39 is 0 Å². The monoisotopic (exact) mass is 228 g/mol. The first kappa shape index (κ1) is 13.9. The molecule has 1 unspecified atom stereocenters. The van der Waals surface area contributed by atoms with Crippen LogP contribution in [0.3, 0.4) is 0 Å². The van der Waals surface area contributed by atoms with Crippen molar-refractivity contribution in [3.8, 4) is 0 Å². The first-order valence-corrected chi connectivity index (χ1v) is 6.95. The minimum atomic E-state index is 0.522. The minimum absolute atomic E-state index is 0.522. The summed E-state index contributed by atoms with van der Waals surface area (Å²) in [5.41, 5.74) is 0. The lowest BCUT2D eigenvalue weighted by molar-refractivity contribution is 0.0767. The molecule has 0 spiro atoms. The maximum Gasteiger partial charge on any atom is 0.0632 e. The molecule has 1 rings (SSSR count). The zero-order valence-corrected chi connectivity index (χ0v) is 10.8. The smallest absolute Gasteiger partial charge is 0.0632 e. The highest BCUT2D eigenvalue weighted by molar-refractivity contribution is 4.72. The summed E-state index contributed by atoms with van der Waals surface area (Å²) in [6.07, 6.45) is 8.25. The molecule has 0 aliphatic carbocycles. The lowest BCUT2D eigenvalue weighted by Crippen LogP contribution is -2.47. The second-order valence-corrected chi connectivity index (χ2v) is 4.70. The second-order valence-electron chi connectivity index (χ2n) is 4.70. The standard InChI is InChI=1S/C13H28N2O/c1-2-3-4-5-6-7-8-14-11-13-12-16-10-9-15-13/h13-15H,2-12H2,1H3. The number of nitrogens with one attached hydrogen (secondary N) is 2. The Morgan fingerprint density at radius 3 is 2.75 bits per heavy atom. The van der Waals surface area contributed by atoms with Crippen molar-refractivity contribution in [2.75, 3.05) is 32.8 Å². The molecule has 1 aliphatic rings. The Morgan fingerprint density at radius 2 is 2.00 bits per heavy atom. The van der Waals surface area contributed by atoms with Gasteiger partial charge in [0.1, 0.15) is 0 Å². The summed E-state index contributed by atoms with van der Waals surface area (Å²) in [5, 5.41) is 6.95. The lowest BCUT2D eigenvalue weighted by atomic mass is 10.1. The van der Waals surface area contributed by atoms with Crippen LogP contribution in [-0.2, 0) is 4.74 Å². The Balaban J connectivity index is 1.77. The van der Waals surface area contributed by atoms with Gasteiger partial charge in [-0.25, -0.2) is 0 Å². The fourth-order valence-corrected chi connectivity index (χ4v) is 2.06. The Hall–Kier alpha value is -0.120. The third-order valence-corrected chi connectivity index (χ3v) is 3.10. The van der Waals surface area contributed by atoms with Gasteiger partial charge in [0.2, 0.25) is 0 Å². The van der Waals surface area contributed by atoms with E-state index in [2.05, 4.69) is 17.6 Å². The summed E-state index contributed by atoms with van der Waals surface area (Å²) in [6, 6.07) is 0.522. The van der Waals surface area contributed by atoms with E-state index in [9.17, 15) is 0 Å². The molecule has 0 aromatic heterocycles. The highest BCUT2D eigenvalue weighted by atomic mass is 16.5. The quantitative estimate of drug-likeness (QED) is 0.592. The van der Waals surface area contributed by atoms with Crippen molar-refractivity contribution in [1.82, 2.24) is 10.6 Å². The van der Waals surface area contributed by atoms with E-state index in [1.165, 1.54) is 38.5 Å². The SMILES string of the molecule is CCCCCCCCNCC1COCCN1. The van der Waals surface area contributed by atoms with Crippen LogP contribution >= 0.6 is 0 Å². The maximum absolute atomic E-state index is 5.40. The van der Waals surface area contributed by atoms with E-state index in [1.54, 1.807) is 0 Å². The molecular weight excluding hydrogens is 200 g/mol. The highest BCUT2D eigenvalue weighted by Gasteiger charge is 2.11. The van der Waals surface area contributed by atoms with Crippen LogP contribution in [-0.4, -0.2) is 38.9 Å². The highest BCUT2D eigenvalue weighted by Crippen LogP contribution is 2.04. The van der Waals surface area contributed by atoms with Gasteiger partial charge in [0.25, 0.3) is 0 Å². The minimum Gasteiger partial charge on any atom is -0.378 e. The maximum atomic E-state index is 5.40. The first-order valence-electron chi connectivity index (χ1n) is 6.95. The van der Waals surface area contributed by atoms with E-state index in [0.29, 0.717) is 6.04 Å². The summed E-state index contributed by atoms with van der Waals surface area (Å²) >= 11 is 0. The van der Waals surface area contributed by atoms with Crippen molar-refractivity contribution < 1.29 is 4.74 Å². The van der Waals surface area contributed by atoms with E-state index in [1.807, 2.05) is 0 Å². The average molecular weight is 228 g/mol. The molecule has 16 heavy (non-hydrogen) atoms. The largest absolute Gasteiger partial charge is 0.378 e. The number of morpholine rings is 1. The Labute approximate surface area is 100 Å². The molecule has 1 heterocycles. The van der Waals surface area contributed by atoms with Crippen LogP contribution in [0.15, 0.2) is 0 Å². The number of unbranched alkanes of at least 4 members (excludes halogenated alkanes) is 5. The van der Waals surface area contributed by atoms with E-state index in [0.717, 1.165) is 32.8 Å². The predicted octanol–water partition coefficient (Wildman–Crippen LogP) is 1.92. The molecule has 0 aromatic carbocycles. The fourth-order valence-electron chi connectivity index (χ4n) is 2.06. The van der Waals surface area contributed by atoms with Gasteiger partial charge in [-0.05, 0) is 13.0 Å². The zero-order valence-electron chi connectivity index (χ0n) is 10.8. The number of rotatable bonds is 9. The van der Waals surface area contributed by atoms with E-state index in [-0.39, 0.29) is 0 Å². The molecule has 0 radical (unpaired) electrons. The average Bonchev–Trinajstić information content (AvgIpc) is 2.34. The van der Waals surface area contributed by atoms with Crippen LogP contribution in [0.25, 0.3) is 0 Å². The summed E-state index contributed by atoms with van der Waals surface area (Å²) in [7, 11) is 0. The summed E-state index contributed by atoms with van der Waals surface area (Å²) in [6.45, 7) is 7.21. The Morgan fingerprint density at radius 1 is 1.19 bits per heavy atom. The molecule has 0 saturated carbocycles. The molecule has 1 saturated heterocycles. The van der Waals surface area contributed by atoms with E-state index in [4.69, 9.17) is 4.74 Å². The zero-order chi connectivity index (χ0) is 11.5. The lowest BCUT2D eigenvalue weighted by Gasteiger charge is -2.24. The van der Waals surface area contributed by atoms with Crippen LogP contribution in [0.5, 0.6) is 0 Å². The van der Waals surface area contributed by atoms with Gasteiger partial charge in [0.05, 0.1) is 13.2 Å². The van der Waals surface area contributed by atoms with E-state index >= 15 is 0 Å². The number of hydrogen-bond acceptors (Lipinski definition) is 3. The summed E-state index contributed by atoms with van der Waals surface area (Å²) < 4.78 is 5.40. The molecule has 0 aromatic rings. The van der Waals surface area contributed by atoms with Crippen LogP contribution < -0.4 is 10.6 Å². The first-order chi connectivity index (χ1) is 7.93. The van der Waals surface area contributed by atoms with Gasteiger partial charge >= 0.3 is 0 Å². The third-order valence-electron chi connectivity index (χ3n) is 3.10. The molecule has 1 atom stereocenters. The topological polar surface area (TPSA) is 33.3 Å². The van der Waals surface area contributed by atoms with Gasteiger partial charge in [0.15, 0.2) is 0 Å². The van der Waals surface area contributed by atoms with Crippen LogP contribution in [0.4, 0.5) is 0 Å². The van der Waals surface area contributed by atoms with Gasteiger partial charge in [-0.15, -0.1) is 0 Å². The molecule has 0 bridgehead atoms. The predicted molar refractivity (Wildman–Crippen MR) is 68.9 cm³/mol. The van der Waals surface area contributed by atoms with Crippen molar-refractivity contribution in [1.29, 1.82) is 0 Å². The second kappa shape index (κ2) is 10.1. The molecular formula is C13H28N2O. The normalized spacial score (nSPS) is 21.2. The van der Waals surface area contributed by atoms with Gasteiger partial charge < -0.3 is 15.4 Å². The van der Waals surface area contributed by atoms with Crippen LogP contribution in [0, 0.1) is 0 Å². The molecule has 96 valence electrons. The van der Waals surface area contributed by atoms with Crippen molar-refractivity contribution in [2.24, 2.45) is 0 Å². The van der Waals surface area contributed by atoms with Crippen LogP contribution in [0.2, 0.25) is 0 Å². The van der Waals surface area contributed by atoms with Gasteiger partial charge in [-0.1, -0.05) is 39.0 Å². The van der Waals surface area contributed by atoms with Gasteiger partial charge in [-0.2, -0.15) is 0 Å². The van der Waals surface area contributed by atoms with Crippen molar-refractivity contribution in [3.63, 3.8) is 0 Å². The van der Waals surface area contributed by atoms with Crippen molar-refractivity contribution >= 4 is 0 Å². The van der Waals surface area contributed by atoms with Crippen LogP contribution in [0.1, 0.15) is 45.4 Å². The summed E-state index contributed by atoms with van der Waals surface area (Å²) in [5.74, 6) is 0. The Bertz CT molecular complexity index is 147. The fraction of sp³-hybridized carbons (Fsp3) is 1.00. The van der Waals surface area contributed by atoms with Crippen molar-refractivity contribution in [3.05, 3.63) is 0 Å². The molecule has 0 amide bonds. The van der Waals surface area contributed by atoms with Crippen molar-refractivity contribution in [2.45, 2.75) is 51.5 Å². The number of ether oxygens (including phenoxy) is 1. The summed E-state index contributed by atoms with van der Waals surface area (Å²) in [4.78, 5) is 0. The molecule has 2 N–H and O–H groups in total. The van der Waals surface area contributed by atoms with Gasteiger partial charge in [0, 0.05) is 19.1 Å². The molecule has 1 aliphatic heterocycles. The molecule has 3 heteroatoms. The number of hydrogen-bond donors (Lipinski definition) is 2. The van der Waals surface area contributed by atoms with Gasteiger partial charge in [-0.3, -0.25) is 0 Å². The Kier molecular flexibility index (Phi) is 8.77. The molecule has 3 nitrogen and oxygen atoms in total. The third kappa shape index (κ3) is 7.20.